The van der Waals surface area contributed by atoms with Gasteiger partial charge in [-0.25, -0.2) is 4.79 Å². The van der Waals surface area contributed by atoms with Crippen molar-refractivity contribution >= 4 is 28.4 Å². The third-order valence-corrected chi connectivity index (χ3v) is 4.02. The number of anilines is 2. The third kappa shape index (κ3) is 4.13. The van der Waals surface area contributed by atoms with Crippen LogP contribution in [0.15, 0.2) is 30.5 Å². The van der Waals surface area contributed by atoms with Gasteiger partial charge in [-0.05, 0) is 26.8 Å². The Morgan fingerprint density at radius 2 is 1.80 bits per heavy atom. The highest BCUT2D eigenvalue weighted by atomic mass is 16.6. The molecule has 0 radical (unpaired) electrons. The van der Waals surface area contributed by atoms with Crippen LogP contribution in [0.5, 0.6) is 0 Å². The van der Waals surface area contributed by atoms with Gasteiger partial charge in [-0.15, -0.1) is 0 Å². The van der Waals surface area contributed by atoms with E-state index in [0.717, 1.165) is 29.7 Å². The van der Waals surface area contributed by atoms with Gasteiger partial charge in [0.15, 0.2) is 0 Å². The first-order valence-electron chi connectivity index (χ1n) is 8.21. The van der Waals surface area contributed by atoms with Crippen LogP contribution in [-0.2, 0) is 4.74 Å². The molecule has 3 rings (SSSR count). The molecule has 1 amide bonds. The SMILES string of the molecule is C.CC(C)(C)OC(=O)N1CCN(c2c(N)cnc3ccccc23)CC1. The Morgan fingerprint density at radius 1 is 1.16 bits per heavy atom. The highest BCUT2D eigenvalue weighted by molar-refractivity contribution is 5.97. The Kier molecular flexibility index (Phi) is 5.40. The van der Waals surface area contributed by atoms with Crippen LogP contribution in [0, 0.1) is 0 Å². The van der Waals surface area contributed by atoms with Crippen molar-refractivity contribution < 1.29 is 9.53 Å². The molecule has 1 aliphatic rings. The van der Waals surface area contributed by atoms with Gasteiger partial charge in [-0.1, -0.05) is 25.6 Å². The minimum absolute atomic E-state index is 0. The molecule has 1 saturated heterocycles. The molecule has 6 nitrogen and oxygen atoms in total. The lowest BCUT2D eigenvalue weighted by Gasteiger charge is -2.37. The quantitative estimate of drug-likeness (QED) is 0.857. The largest absolute Gasteiger partial charge is 0.444 e. The van der Waals surface area contributed by atoms with E-state index < -0.39 is 5.60 Å². The summed E-state index contributed by atoms with van der Waals surface area (Å²) in [6.07, 6.45) is 1.45. The van der Waals surface area contributed by atoms with Crippen LogP contribution >= 0.6 is 0 Å². The average molecular weight is 344 g/mol. The van der Waals surface area contributed by atoms with Crippen LogP contribution in [0.25, 0.3) is 10.9 Å². The Hall–Kier alpha value is -2.50. The lowest BCUT2D eigenvalue weighted by Crippen LogP contribution is -2.50. The molecule has 0 unspecified atom stereocenters. The lowest BCUT2D eigenvalue weighted by molar-refractivity contribution is 0.0241. The predicted molar refractivity (Wildman–Crippen MR) is 103 cm³/mol. The van der Waals surface area contributed by atoms with Crippen LogP contribution in [-0.4, -0.2) is 47.8 Å². The maximum absolute atomic E-state index is 12.2. The number of piperazine rings is 1. The molecule has 1 fully saturated rings. The Bertz CT molecular complexity index is 747. The van der Waals surface area contributed by atoms with E-state index in [1.54, 1.807) is 11.1 Å². The van der Waals surface area contributed by atoms with Gasteiger partial charge in [0.05, 0.1) is 23.1 Å². The van der Waals surface area contributed by atoms with Crippen molar-refractivity contribution in [2.75, 3.05) is 36.8 Å². The zero-order valence-electron chi connectivity index (χ0n) is 14.5. The molecular formula is C19H28N4O2. The topological polar surface area (TPSA) is 71.7 Å². The van der Waals surface area contributed by atoms with Gasteiger partial charge >= 0.3 is 6.09 Å². The summed E-state index contributed by atoms with van der Waals surface area (Å²) in [4.78, 5) is 20.5. The second-order valence-electron chi connectivity index (χ2n) is 7.03. The fourth-order valence-corrected chi connectivity index (χ4v) is 2.93. The van der Waals surface area contributed by atoms with E-state index in [1.165, 1.54) is 0 Å². The van der Waals surface area contributed by atoms with E-state index in [9.17, 15) is 4.79 Å². The van der Waals surface area contributed by atoms with Gasteiger partial charge in [0.1, 0.15) is 5.60 Å². The van der Waals surface area contributed by atoms with Gasteiger partial charge in [0.2, 0.25) is 0 Å². The molecule has 25 heavy (non-hydrogen) atoms. The van der Waals surface area contributed by atoms with E-state index >= 15 is 0 Å². The van der Waals surface area contributed by atoms with Gasteiger partial charge in [-0.2, -0.15) is 0 Å². The average Bonchev–Trinajstić information content (AvgIpc) is 2.53. The molecule has 1 aromatic carbocycles. The monoisotopic (exact) mass is 344 g/mol. The molecule has 2 aromatic rings. The van der Waals surface area contributed by atoms with Crippen LogP contribution in [0.2, 0.25) is 0 Å². The number of nitrogens with zero attached hydrogens (tertiary/aromatic N) is 3. The maximum atomic E-state index is 12.2. The molecule has 6 heteroatoms. The van der Waals surface area contributed by atoms with Crippen molar-refractivity contribution in [3.63, 3.8) is 0 Å². The number of benzene rings is 1. The standard InChI is InChI=1S/C18H24N4O2.CH4/c1-18(2,3)24-17(23)22-10-8-21(9-11-22)16-13-6-4-5-7-15(13)20-12-14(16)19;/h4-7,12H,8-11,19H2,1-3H3;1H4. The van der Waals surface area contributed by atoms with E-state index in [0.29, 0.717) is 18.8 Å². The molecule has 0 spiro atoms. The molecule has 0 bridgehead atoms. The van der Waals surface area contributed by atoms with Crippen molar-refractivity contribution in [1.29, 1.82) is 0 Å². The summed E-state index contributed by atoms with van der Waals surface area (Å²) < 4.78 is 5.45. The molecule has 0 aliphatic carbocycles. The number of nitrogen functional groups attached to an aromatic ring is 1. The molecular weight excluding hydrogens is 316 g/mol. The van der Waals surface area contributed by atoms with Crippen molar-refractivity contribution in [2.24, 2.45) is 0 Å². The number of fused-ring (bicyclic) bond motifs is 1. The van der Waals surface area contributed by atoms with Gasteiger partial charge in [0.25, 0.3) is 0 Å². The second-order valence-corrected chi connectivity index (χ2v) is 7.03. The Morgan fingerprint density at radius 3 is 2.44 bits per heavy atom. The molecule has 2 N–H and O–H groups in total. The number of rotatable bonds is 1. The van der Waals surface area contributed by atoms with Crippen LogP contribution in [0.4, 0.5) is 16.2 Å². The van der Waals surface area contributed by atoms with E-state index in [4.69, 9.17) is 10.5 Å². The molecule has 0 atom stereocenters. The first-order valence-corrected chi connectivity index (χ1v) is 8.21. The Balaban J connectivity index is 0.00000225. The summed E-state index contributed by atoms with van der Waals surface area (Å²) in [5.74, 6) is 0. The van der Waals surface area contributed by atoms with Gasteiger partial charge < -0.3 is 20.3 Å². The molecule has 2 heterocycles. The third-order valence-electron chi connectivity index (χ3n) is 4.02. The highest BCUT2D eigenvalue weighted by Gasteiger charge is 2.27. The molecule has 0 saturated carbocycles. The van der Waals surface area contributed by atoms with Crippen LogP contribution in [0.1, 0.15) is 28.2 Å². The summed E-state index contributed by atoms with van der Waals surface area (Å²) in [5, 5.41) is 1.04. The summed E-state index contributed by atoms with van der Waals surface area (Å²) in [6.45, 7) is 8.31. The number of carbonyl (C=O) groups excluding carboxylic acids is 1. The number of aromatic nitrogens is 1. The molecule has 136 valence electrons. The second kappa shape index (κ2) is 7.17. The van der Waals surface area contributed by atoms with Crippen molar-refractivity contribution in [2.45, 2.75) is 33.8 Å². The fraction of sp³-hybridized carbons (Fsp3) is 0.474. The smallest absolute Gasteiger partial charge is 0.410 e. The minimum atomic E-state index is -0.472. The van der Waals surface area contributed by atoms with Crippen LogP contribution in [0.3, 0.4) is 0 Å². The van der Waals surface area contributed by atoms with E-state index in [2.05, 4.69) is 9.88 Å². The van der Waals surface area contributed by atoms with E-state index in [-0.39, 0.29) is 13.5 Å². The molecule has 1 aromatic heterocycles. The van der Waals surface area contributed by atoms with Crippen molar-refractivity contribution in [3.05, 3.63) is 30.5 Å². The lowest BCUT2D eigenvalue weighted by atomic mass is 10.1. The van der Waals surface area contributed by atoms with Crippen molar-refractivity contribution in [3.8, 4) is 0 Å². The number of carbonyl (C=O) groups is 1. The summed E-state index contributed by atoms with van der Waals surface area (Å²) in [5.41, 5.74) is 8.31. The predicted octanol–water partition coefficient (Wildman–Crippen LogP) is 3.51. The van der Waals surface area contributed by atoms with Crippen molar-refractivity contribution in [1.82, 2.24) is 9.88 Å². The zero-order valence-corrected chi connectivity index (χ0v) is 14.5. The van der Waals surface area contributed by atoms with Gasteiger partial charge in [0, 0.05) is 31.6 Å². The first kappa shape index (κ1) is 18.8. The number of pyridine rings is 1. The van der Waals surface area contributed by atoms with Gasteiger partial charge in [-0.3, -0.25) is 4.98 Å². The fourth-order valence-electron chi connectivity index (χ4n) is 2.93. The summed E-state index contributed by atoms with van der Waals surface area (Å²) >= 11 is 0. The summed E-state index contributed by atoms with van der Waals surface area (Å²) in [7, 11) is 0. The number of hydrogen-bond acceptors (Lipinski definition) is 5. The zero-order chi connectivity index (χ0) is 17.3. The Labute approximate surface area is 149 Å². The van der Waals surface area contributed by atoms with E-state index in [1.807, 2.05) is 45.0 Å². The minimum Gasteiger partial charge on any atom is -0.444 e. The number of para-hydroxylation sites is 1. The molecule has 1 aliphatic heterocycles. The highest BCUT2D eigenvalue weighted by Crippen LogP contribution is 2.32. The number of amides is 1. The summed E-state index contributed by atoms with van der Waals surface area (Å²) in [6, 6.07) is 7.98. The number of nitrogens with two attached hydrogens (primary N) is 1. The maximum Gasteiger partial charge on any atom is 0.410 e. The number of ether oxygens (including phenoxy) is 1. The first-order chi connectivity index (χ1) is 11.3. The normalized spacial score (nSPS) is 15.0. The number of hydrogen-bond donors (Lipinski definition) is 1. The van der Waals surface area contributed by atoms with Crippen LogP contribution < -0.4 is 10.6 Å².